The number of carboxylic acid groups (broad SMARTS) is 1. The summed E-state index contributed by atoms with van der Waals surface area (Å²) in [5, 5.41) is 28.8. The van der Waals surface area contributed by atoms with Gasteiger partial charge in [0.15, 0.2) is 11.9 Å². The van der Waals surface area contributed by atoms with Crippen LogP contribution in [-0.2, 0) is 17.9 Å². The Bertz CT molecular complexity index is 409. The van der Waals surface area contributed by atoms with Gasteiger partial charge in [-0.25, -0.2) is 4.57 Å². The third-order valence-electron chi connectivity index (χ3n) is 2.74. The molecule has 1 heterocycles. The number of aryl methyl sites for hydroxylation is 1. The fraction of sp³-hybridized carbons (Fsp3) is 0.500. The number of aliphatic hydroxyl groups is 1. The van der Waals surface area contributed by atoms with Crippen LogP contribution in [0, 0.1) is 0 Å². The average Bonchev–Trinajstić information content (AvgIpc) is 2.34. The minimum absolute atomic E-state index is 0.0476. The highest BCUT2D eigenvalue weighted by Gasteiger charge is 2.08. The maximum atomic E-state index is 10.4. The number of carboxylic acids is 1. The molecule has 18 heavy (non-hydrogen) atoms. The third-order valence-corrected chi connectivity index (χ3v) is 2.74. The zero-order valence-corrected chi connectivity index (χ0v) is 10.1. The molecule has 0 aromatic carbocycles. The van der Waals surface area contributed by atoms with Crippen LogP contribution in [0.2, 0.25) is 0 Å². The number of hydrogen-bond donors (Lipinski definition) is 3. The van der Waals surface area contributed by atoms with Crippen molar-refractivity contribution >= 4 is 5.97 Å². The monoisotopic (exact) mass is 254 g/mol. The van der Waals surface area contributed by atoms with Crippen molar-refractivity contribution in [1.29, 1.82) is 0 Å². The molecule has 0 saturated carbocycles. The van der Waals surface area contributed by atoms with E-state index < -0.39 is 12.0 Å². The molecular formula is C12H18N2O4. The molecule has 100 valence electrons. The summed E-state index contributed by atoms with van der Waals surface area (Å²) in [6.07, 6.45) is 5.09. The molecule has 0 aliphatic rings. The Kier molecular flexibility index (Phi) is 5.54. The van der Waals surface area contributed by atoms with E-state index in [0.717, 1.165) is 6.42 Å². The van der Waals surface area contributed by atoms with Crippen molar-refractivity contribution in [3.05, 3.63) is 24.0 Å². The molecular weight excluding hydrogens is 236 g/mol. The predicted octanol–water partition coefficient (Wildman–Crippen LogP) is -1.58. The van der Waals surface area contributed by atoms with Crippen LogP contribution in [0.25, 0.3) is 0 Å². The summed E-state index contributed by atoms with van der Waals surface area (Å²) in [7, 11) is 0. The Labute approximate surface area is 105 Å². The standard InChI is InChI=1S/C12H18N2O4/c13-10(12(17)18)3-1-2-5-14-6-4-9(8-15)11(16)7-14/h4,6-7,10,15H,1-3,5,8,13H2,(H-,16,17,18). The summed E-state index contributed by atoms with van der Waals surface area (Å²) < 4.78 is 1.78. The van der Waals surface area contributed by atoms with Crippen molar-refractivity contribution in [2.24, 2.45) is 5.73 Å². The van der Waals surface area contributed by atoms with Crippen LogP contribution in [0.3, 0.4) is 0 Å². The number of hydrogen-bond acceptors (Lipinski definition) is 5. The number of aliphatic carboxylic acids is 1. The van der Waals surface area contributed by atoms with Gasteiger partial charge in [0, 0.05) is 24.1 Å². The highest BCUT2D eigenvalue weighted by molar-refractivity contribution is 5.70. The van der Waals surface area contributed by atoms with Gasteiger partial charge in [-0.3, -0.25) is 0 Å². The fourth-order valence-electron chi connectivity index (χ4n) is 1.60. The zero-order chi connectivity index (χ0) is 13.5. The van der Waals surface area contributed by atoms with Gasteiger partial charge < -0.3 is 25.8 Å². The van der Waals surface area contributed by atoms with Gasteiger partial charge in [0.05, 0.1) is 12.6 Å². The van der Waals surface area contributed by atoms with Crippen LogP contribution in [0.15, 0.2) is 18.5 Å². The number of aromatic nitrogens is 1. The molecule has 0 aliphatic carbocycles. The lowest BCUT2D eigenvalue weighted by Gasteiger charge is -2.11. The maximum absolute atomic E-state index is 10.4. The normalized spacial score (nSPS) is 12.3. The number of carbonyl (C=O) groups is 1. The van der Waals surface area contributed by atoms with Gasteiger partial charge in [-0.05, 0) is 12.8 Å². The van der Waals surface area contributed by atoms with Gasteiger partial charge in [0.1, 0.15) is 6.54 Å². The largest absolute Gasteiger partial charge is 0.548 e. The van der Waals surface area contributed by atoms with E-state index in [1.54, 1.807) is 16.8 Å². The van der Waals surface area contributed by atoms with Crippen LogP contribution in [0.5, 0.6) is 5.75 Å². The summed E-state index contributed by atoms with van der Waals surface area (Å²) >= 11 is 0. The molecule has 1 unspecified atom stereocenters. The van der Waals surface area contributed by atoms with E-state index in [2.05, 4.69) is 0 Å². The van der Waals surface area contributed by atoms with Gasteiger partial charge in [-0.15, -0.1) is 0 Å². The first-order valence-corrected chi connectivity index (χ1v) is 5.83. The molecule has 1 aromatic rings. The van der Waals surface area contributed by atoms with Crippen molar-refractivity contribution in [2.75, 3.05) is 0 Å². The Morgan fingerprint density at radius 3 is 2.78 bits per heavy atom. The first-order valence-electron chi connectivity index (χ1n) is 5.83. The maximum Gasteiger partial charge on any atom is 0.211 e. The first kappa shape index (κ1) is 14.4. The Balaban J connectivity index is 2.36. The fourth-order valence-corrected chi connectivity index (χ4v) is 1.60. The number of unbranched alkanes of at least 4 members (excludes halogenated alkanes) is 1. The molecule has 6 nitrogen and oxygen atoms in total. The second-order valence-corrected chi connectivity index (χ2v) is 4.17. The third kappa shape index (κ3) is 4.31. The quantitative estimate of drug-likeness (QED) is 0.402. The van der Waals surface area contributed by atoms with Crippen LogP contribution in [-0.4, -0.2) is 22.2 Å². The van der Waals surface area contributed by atoms with E-state index in [4.69, 9.17) is 10.8 Å². The van der Waals surface area contributed by atoms with E-state index in [1.165, 1.54) is 6.20 Å². The molecule has 0 aliphatic heterocycles. The lowest BCUT2D eigenvalue weighted by atomic mass is 10.1. The number of carbonyl (C=O) groups excluding carboxylic acids is 1. The van der Waals surface area contributed by atoms with Crippen molar-refractivity contribution in [3.63, 3.8) is 0 Å². The van der Waals surface area contributed by atoms with E-state index in [0.29, 0.717) is 24.9 Å². The van der Waals surface area contributed by atoms with Crippen molar-refractivity contribution in [3.8, 4) is 5.75 Å². The molecule has 4 N–H and O–H groups in total. The Morgan fingerprint density at radius 2 is 2.22 bits per heavy atom. The minimum atomic E-state index is -1.23. The highest BCUT2D eigenvalue weighted by Crippen LogP contribution is 2.12. The van der Waals surface area contributed by atoms with E-state index >= 15 is 0 Å². The smallest absolute Gasteiger partial charge is 0.211 e. The number of nitrogens with zero attached hydrogens (tertiary/aromatic N) is 1. The molecule has 6 heteroatoms. The highest BCUT2D eigenvalue weighted by atomic mass is 16.4. The van der Waals surface area contributed by atoms with Crippen LogP contribution in [0.4, 0.5) is 0 Å². The number of nitrogens with two attached hydrogens (primary N) is 1. The molecule has 0 fully saturated rings. The van der Waals surface area contributed by atoms with Crippen molar-refractivity contribution in [1.82, 2.24) is 0 Å². The summed E-state index contributed by atoms with van der Waals surface area (Å²) in [5.74, 6) is -1.18. The topological polar surface area (TPSA) is 110 Å². The number of rotatable bonds is 7. The Hall–Kier alpha value is -1.66. The van der Waals surface area contributed by atoms with Gasteiger partial charge in [0.2, 0.25) is 6.20 Å². The van der Waals surface area contributed by atoms with Gasteiger partial charge in [0.25, 0.3) is 0 Å². The summed E-state index contributed by atoms with van der Waals surface area (Å²) in [6.45, 7) is 0.451. The van der Waals surface area contributed by atoms with Crippen molar-refractivity contribution < 1.29 is 24.7 Å². The lowest BCUT2D eigenvalue weighted by molar-refractivity contribution is -0.697. The van der Waals surface area contributed by atoms with Gasteiger partial charge >= 0.3 is 0 Å². The summed E-state index contributed by atoms with van der Waals surface area (Å²) in [5.41, 5.74) is 5.80. The Morgan fingerprint density at radius 1 is 1.50 bits per heavy atom. The van der Waals surface area contributed by atoms with E-state index in [9.17, 15) is 15.0 Å². The molecule has 0 spiro atoms. The zero-order valence-electron chi connectivity index (χ0n) is 10.1. The SMILES string of the molecule is NC(CCCC[n+]1ccc(CO)c(O)c1)C(=O)[O-]. The summed E-state index contributed by atoms with van der Waals surface area (Å²) in [6, 6.07) is 0.725. The van der Waals surface area contributed by atoms with Crippen LogP contribution >= 0.6 is 0 Å². The van der Waals surface area contributed by atoms with Gasteiger partial charge in [-0.2, -0.15) is 0 Å². The second-order valence-electron chi connectivity index (χ2n) is 4.17. The summed E-state index contributed by atoms with van der Waals surface area (Å²) in [4.78, 5) is 10.4. The molecule has 0 amide bonds. The van der Waals surface area contributed by atoms with Gasteiger partial charge in [-0.1, -0.05) is 0 Å². The number of aromatic hydroxyl groups is 1. The molecule has 1 atom stereocenters. The van der Waals surface area contributed by atoms with E-state index in [1.807, 2.05) is 0 Å². The number of aliphatic hydroxyl groups excluding tert-OH is 1. The molecule has 0 saturated heterocycles. The molecule has 0 bridgehead atoms. The molecule has 1 aromatic heterocycles. The van der Waals surface area contributed by atoms with Crippen LogP contribution < -0.4 is 15.4 Å². The predicted molar refractivity (Wildman–Crippen MR) is 61.1 cm³/mol. The molecule has 0 radical (unpaired) electrons. The lowest BCUT2D eigenvalue weighted by Crippen LogP contribution is -2.41. The molecule has 1 rings (SSSR count). The average molecular weight is 254 g/mol. The first-order chi connectivity index (χ1) is 8.54. The second kappa shape index (κ2) is 6.93. The van der Waals surface area contributed by atoms with Crippen molar-refractivity contribution in [2.45, 2.75) is 38.5 Å². The van der Waals surface area contributed by atoms with Crippen LogP contribution in [0.1, 0.15) is 24.8 Å². The minimum Gasteiger partial charge on any atom is -0.548 e. The van der Waals surface area contributed by atoms with E-state index in [-0.39, 0.29) is 12.4 Å². The number of pyridine rings is 1.